The molecule has 102 valence electrons. The van der Waals surface area contributed by atoms with Crippen molar-refractivity contribution < 1.29 is 23.1 Å². The first-order valence-corrected chi connectivity index (χ1v) is 4.92. The summed E-state index contributed by atoms with van der Waals surface area (Å²) < 4.78 is 37.2. The van der Waals surface area contributed by atoms with E-state index in [9.17, 15) is 18.0 Å². The van der Waals surface area contributed by atoms with Gasteiger partial charge in [-0.3, -0.25) is 4.79 Å². The van der Waals surface area contributed by atoms with Gasteiger partial charge in [0.25, 0.3) is 0 Å². The Bertz CT molecular complexity index is 410. The molecule has 1 aromatic carbocycles. The Balaban J connectivity index is 0.00000289. The van der Waals surface area contributed by atoms with Gasteiger partial charge in [-0.25, -0.2) is 0 Å². The van der Waals surface area contributed by atoms with Crippen LogP contribution in [0, 0.1) is 0 Å². The third-order valence-electron chi connectivity index (χ3n) is 2.19. The van der Waals surface area contributed by atoms with Crippen LogP contribution < -0.4 is 5.73 Å². The van der Waals surface area contributed by atoms with E-state index >= 15 is 0 Å². The number of hydrogen-bond acceptors (Lipinski definition) is 2. The SMILES string of the molecule is Cl.N[C@H](CC(=O)O)Cc1cccc(C(F)(F)F)c1. The van der Waals surface area contributed by atoms with Crippen LogP contribution in [-0.2, 0) is 17.4 Å². The van der Waals surface area contributed by atoms with Crippen LogP contribution >= 0.6 is 12.4 Å². The largest absolute Gasteiger partial charge is 0.481 e. The number of nitrogens with two attached hydrogens (primary N) is 1. The monoisotopic (exact) mass is 283 g/mol. The summed E-state index contributed by atoms with van der Waals surface area (Å²) in [5.74, 6) is -1.07. The van der Waals surface area contributed by atoms with Crippen molar-refractivity contribution in [2.45, 2.75) is 25.1 Å². The number of aliphatic carboxylic acids is 1. The minimum absolute atomic E-state index is 0. The van der Waals surface area contributed by atoms with Gasteiger partial charge in [-0.2, -0.15) is 13.2 Å². The fourth-order valence-electron chi connectivity index (χ4n) is 1.47. The maximum absolute atomic E-state index is 12.4. The smallest absolute Gasteiger partial charge is 0.416 e. The Labute approximate surface area is 108 Å². The van der Waals surface area contributed by atoms with Crippen molar-refractivity contribution in [2.24, 2.45) is 5.73 Å². The molecule has 18 heavy (non-hydrogen) atoms. The van der Waals surface area contributed by atoms with Gasteiger partial charge in [0, 0.05) is 6.04 Å². The maximum atomic E-state index is 12.4. The number of carboxylic acids is 1. The first-order valence-electron chi connectivity index (χ1n) is 4.92. The molecule has 0 amide bonds. The Kier molecular flexibility index (Phi) is 6.14. The molecule has 0 saturated heterocycles. The van der Waals surface area contributed by atoms with Gasteiger partial charge >= 0.3 is 12.1 Å². The third kappa shape index (κ3) is 5.37. The molecule has 0 spiro atoms. The molecular weight excluding hydrogens is 271 g/mol. The number of halogens is 4. The van der Waals surface area contributed by atoms with Gasteiger partial charge in [-0.15, -0.1) is 12.4 Å². The highest BCUT2D eigenvalue weighted by Crippen LogP contribution is 2.29. The number of carbonyl (C=O) groups is 1. The van der Waals surface area contributed by atoms with E-state index in [1.54, 1.807) is 0 Å². The van der Waals surface area contributed by atoms with Gasteiger partial charge in [-0.1, -0.05) is 18.2 Å². The van der Waals surface area contributed by atoms with Gasteiger partial charge in [0.2, 0.25) is 0 Å². The summed E-state index contributed by atoms with van der Waals surface area (Å²) in [4.78, 5) is 10.4. The van der Waals surface area contributed by atoms with Crippen molar-refractivity contribution in [3.63, 3.8) is 0 Å². The van der Waals surface area contributed by atoms with E-state index in [1.165, 1.54) is 12.1 Å². The second-order valence-electron chi connectivity index (χ2n) is 3.76. The molecule has 0 aliphatic carbocycles. The molecule has 3 nitrogen and oxygen atoms in total. The second kappa shape index (κ2) is 6.61. The molecule has 0 bridgehead atoms. The van der Waals surface area contributed by atoms with Crippen LogP contribution in [0.5, 0.6) is 0 Å². The van der Waals surface area contributed by atoms with E-state index in [-0.39, 0.29) is 25.2 Å². The average Bonchev–Trinajstić information content (AvgIpc) is 2.15. The second-order valence-corrected chi connectivity index (χ2v) is 3.76. The first kappa shape index (κ1) is 16.7. The average molecular weight is 284 g/mol. The van der Waals surface area contributed by atoms with E-state index in [4.69, 9.17) is 10.8 Å². The summed E-state index contributed by atoms with van der Waals surface area (Å²) in [6.07, 6.45) is -4.56. The lowest BCUT2D eigenvalue weighted by Gasteiger charge is -2.11. The molecule has 0 aliphatic heterocycles. The molecule has 0 aliphatic rings. The highest BCUT2D eigenvalue weighted by Gasteiger charge is 2.30. The molecule has 0 unspecified atom stereocenters. The molecule has 0 radical (unpaired) electrons. The van der Waals surface area contributed by atoms with Crippen molar-refractivity contribution >= 4 is 18.4 Å². The molecule has 0 aromatic heterocycles. The predicted octanol–water partition coefficient (Wildman–Crippen LogP) is 2.47. The predicted molar refractivity (Wildman–Crippen MR) is 62.6 cm³/mol. The summed E-state index contributed by atoms with van der Waals surface area (Å²) >= 11 is 0. The topological polar surface area (TPSA) is 63.3 Å². The highest BCUT2D eigenvalue weighted by molar-refractivity contribution is 5.85. The summed E-state index contributed by atoms with van der Waals surface area (Å²) in [5.41, 5.74) is 5.13. The van der Waals surface area contributed by atoms with Gasteiger partial charge in [0.1, 0.15) is 0 Å². The fraction of sp³-hybridized carbons (Fsp3) is 0.364. The summed E-state index contributed by atoms with van der Waals surface area (Å²) in [6, 6.07) is 4.05. The highest BCUT2D eigenvalue weighted by atomic mass is 35.5. The fourth-order valence-corrected chi connectivity index (χ4v) is 1.47. The standard InChI is InChI=1S/C11H12F3NO2.ClH/c12-11(13,14)8-3-1-2-7(4-8)5-9(15)6-10(16)17;/h1-4,9H,5-6,15H2,(H,16,17);1H/t9-;/m0./s1. The third-order valence-corrected chi connectivity index (χ3v) is 2.19. The number of rotatable bonds is 4. The number of carboxylic acid groups (broad SMARTS) is 1. The minimum atomic E-state index is -4.40. The van der Waals surface area contributed by atoms with Gasteiger partial charge in [-0.05, 0) is 18.1 Å². The van der Waals surface area contributed by atoms with Crippen LogP contribution in [0.3, 0.4) is 0 Å². The van der Waals surface area contributed by atoms with E-state index in [2.05, 4.69) is 0 Å². The van der Waals surface area contributed by atoms with Crippen molar-refractivity contribution in [3.05, 3.63) is 35.4 Å². The minimum Gasteiger partial charge on any atom is -0.481 e. The molecule has 0 heterocycles. The zero-order chi connectivity index (χ0) is 13.1. The van der Waals surface area contributed by atoms with Crippen molar-refractivity contribution in [3.8, 4) is 0 Å². The lowest BCUT2D eigenvalue weighted by Crippen LogP contribution is -2.26. The van der Waals surface area contributed by atoms with Gasteiger partial charge in [0.05, 0.1) is 12.0 Å². The Morgan fingerprint density at radius 1 is 1.39 bits per heavy atom. The normalized spacial score (nSPS) is 12.7. The van der Waals surface area contributed by atoms with Crippen molar-refractivity contribution in [1.82, 2.24) is 0 Å². The number of hydrogen-bond donors (Lipinski definition) is 2. The summed E-state index contributed by atoms with van der Waals surface area (Å²) in [7, 11) is 0. The quantitative estimate of drug-likeness (QED) is 0.892. The lowest BCUT2D eigenvalue weighted by atomic mass is 10.0. The molecular formula is C11H13ClF3NO2. The Morgan fingerprint density at radius 3 is 2.50 bits per heavy atom. The van der Waals surface area contributed by atoms with Crippen LogP contribution in [0.25, 0.3) is 0 Å². The first-order chi connectivity index (χ1) is 7.79. The molecule has 3 N–H and O–H groups in total. The molecule has 1 rings (SSSR count). The Hall–Kier alpha value is -1.27. The lowest BCUT2D eigenvalue weighted by molar-refractivity contribution is -0.138. The zero-order valence-corrected chi connectivity index (χ0v) is 10.1. The maximum Gasteiger partial charge on any atom is 0.416 e. The number of benzene rings is 1. The van der Waals surface area contributed by atoms with Crippen molar-refractivity contribution in [2.75, 3.05) is 0 Å². The molecule has 1 aromatic rings. The molecule has 0 fully saturated rings. The van der Waals surface area contributed by atoms with Crippen LogP contribution in [0.4, 0.5) is 13.2 Å². The van der Waals surface area contributed by atoms with Crippen LogP contribution in [0.2, 0.25) is 0 Å². The van der Waals surface area contributed by atoms with Crippen LogP contribution in [0.15, 0.2) is 24.3 Å². The van der Waals surface area contributed by atoms with Crippen LogP contribution in [-0.4, -0.2) is 17.1 Å². The molecule has 1 atom stereocenters. The Morgan fingerprint density at radius 2 is 2.00 bits per heavy atom. The molecule has 7 heteroatoms. The van der Waals surface area contributed by atoms with Crippen LogP contribution in [0.1, 0.15) is 17.5 Å². The number of alkyl halides is 3. The van der Waals surface area contributed by atoms with Gasteiger partial charge < -0.3 is 10.8 Å². The van der Waals surface area contributed by atoms with Crippen molar-refractivity contribution in [1.29, 1.82) is 0 Å². The summed E-state index contributed by atoms with van der Waals surface area (Å²) in [6.45, 7) is 0. The van der Waals surface area contributed by atoms with Gasteiger partial charge in [0.15, 0.2) is 0 Å². The van der Waals surface area contributed by atoms with E-state index in [0.717, 1.165) is 12.1 Å². The zero-order valence-electron chi connectivity index (χ0n) is 9.28. The summed E-state index contributed by atoms with van der Waals surface area (Å²) in [5, 5.41) is 8.49. The van der Waals surface area contributed by atoms with E-state index in [0.29, 0.717) is 5.56 Å². The van der Waals surface area contributed by atoms with E-state index < -0.39 is 23.8 Å². The molecule has 0 saturated carbocycles. The van der Waals surface area contributed by atoms with E-state index in [1.807, 2.05) is 0 Å².